The molecule has 1 N–H and O–H groups in total. The van der Waals surface area contributed by atoms with Crippen LogP contribution >= 0.6 is 0 Å². The van der Waals surface area contributed by atoms with Crippen LogP contribution in [-0.4, -0.2) is 10.7 Å². The average molecular weight is 300 g/mol. The molecule has 0 aromatic carbocycles. The van der Waals surface area contributed by atoms with Crippen molar-refractivity contribution in [2.24, 2.45) is 34.5 Å². The van der Waals surface area contributed by atoms with Crippen LogP contribution in [0.15, 0.2) is 0 Å². The lowest BCUT2D eigenvalue weighted by molar-refractivity contribution is -0.134. The summed E-state index contributed by atoms with van der Waals surface area (Å²) >= 11 is 0. The fourth-order valence-corrected chi connectivity index (χ4v) is 7.55. The van der Waals surface area contributed by atoms with E-state index in [1.54, 1.807) is 0 Å². The van der Waals surface area contributed by atoms with Crippen molar-refractivity contribution in [1.82, 2.24) is 0 Å². The highest BCUT2D eigenvalue weighted by Crippen LogP contribution is 2.68. The Morgan fingerprint density at radius 3 is 2.45 bits per heavy atom. The number of rotatable bonds is 0. The van der Waals surface area contributed by atoms with E-state index < -0.39 is 5.60 Å². The lowest BCUT2D eigenvalue weighted by atomic mass is 9.44. The van der Waals surface area contributed by atoms with Crippen LogP contribution in [0, 0.1) is 46.8 Å². The maximum atomic E-state index is 11.0. The van der Waals surface area contributed by atoms with Gasteiger partial charge in [0, 0.05) is 5.41 Å². The Hall–Kier alpha value is -0.480. The summed E-state index contributed by atoms with van der Waals surface area (Å²) in [5.41, 5.74) is -0.285. The number of terminal acetylenes is 1. The number of hydrogen-bond acceptors (Lipinski definition) is 1. The summed E-state index contributed by atoms with van der Waals surface area (Å²) in [6.07, 6.45) is 18.8. The molecule has 0 radical (unpaired) electrons. The van der Waals surface area contributed by atoms with Crippen molar-refractivity contribution in [2.75, 3.05) is 0 Å². The molecular weight excluding hydrogens is 268 g/mol. The van der Waals surface area contributed by atoms with Crippen LogP contribution in [0.5, 0.6) is 0 Å². The third kappa shape index (κ3) is 1.71. The quantitative estimate of drug-likeness (QED) is 0.638. The highest BCUT2D eigenvalue weighted by Gasteiger charge is 2.63. The zero-order valence-electron chi connectivity index (χ0n) is 14.4. The van der Waals surface area contributed by atoms with E-state index in [0.717, 1.165) is 37.0 Å². The van der Waals surface area contributed by atoms with Gasteiger partial charge in [0.05, 0.1) is 0 Å². The zero-order chi connectivity index (χ0) is 15.6. The number of fused-ring (bicyclic) bond motifs is 5. The molecule has 4 rings (SSSR count). The maximum Gasteiger partial charge on any atom is 0.130 e. The second-order valence-corrected chi connectivity index (χ2v) is 9.40. The fourth-order valence-electron chi connectivity index (χ4n) is 7.55. The lowest BCUT2D eigenvalue weighted by Crippen LogP contribution is -2.55. The molecule has 0 spiro atoms. The third-order valence-electron chi connectivity index (χ3n) is 8.97. The van der Waals surface area contributed by atoms with Crippen molar-refractivity contribution >= 4 is 0 Å². The van der Waals surface area contributed by atoms with Crippen LogP contribution in [-0.2, 0) is 0 Å². The molecule has 0 saturated heterocycles. The van der Waals surface area contributed by atoms with Crippen LogP contribution < -0.4 is 0 Å². The Morgan fingerprint density at radius 1 is 0.909 bits per heavy atom. The van der Waals surface area contributed by atoms with E-state index in [1.165, 1.54) is 44.9 Å². The summed E-state index contributed by atoms with van der Waals surface area (Å²) < 4.78 is 0. The minimum Gasteiger partial charge on any atom is -0.377 e. The van der Waals surface area contributed by atoms with E-state index in [0.29, 0.717) is 11.3 Å². The van der Waals surface area contributed by atoms with Gasteiger partial charge in [0.1, 0.15) is 5.60 Å². The van der Waals surface area contributed by atoms with E-state index in [-0.39, 0.29) is 5.41 Å². The van der Waals surface area contributed by atoms with Gasteiger partial charge < -0.3 is 5.11 Å². The van der Waals surface area contributed by atoms with Gasteiger partial charge >= 0.3 is 0 Å². The minimum atomic E-state index is -0.840. The summed E-state index contributed by atoms with van der Waals surface area (Å²) in [5, 5.41) is 11.0. The van der Waals surface area contributed by atoms with Crippen LogP contribution in [0.25, 0.3) is 0 Å². The molecule has 0 amide bonds. The molecule has 1 nitrogen and oxygen atoms in total. The van der Waals surface area contributed by atoms with Crippen molar-refractivity contribution in [3.63, 3.8) is 0 Å². The first-order valence-electron chi connectivity index (χ1n) is 9.65. The van der Waals surface area contributed by atoms with Gasteiger partial charge in [-0.15, -0.1) is 6.42 Å². The van der Waals surface area contributed by atoms with Crippen LogP contribution in [0.4, 0.5) is 0 Å². The predicted molar refractivity (Wildman–Crippen MR) is 90.1 cm³/mol. The zero-order valence-corrected chi connectivity index (χ0v) is 14.4. The molecule has 0 bridgehead atoms. The number of aliphatic hydroxyl groups is 1. The van der Waals surface area contributed by atoms with Gasteiger partial charge in [-0.05, 0) is 80.5 Å². The van der Waals surface area contributed by atoms with Crippen molar-refractivity contribution in [3.8, 4) is 12.3 Å². The Labute approximate surface area is 136 Å². The van der Waals surface area contributed by atoms with Crippen molar-refractivity contribution in [2.45, 2.75) is 83.7 Å². The topological polar surface area (TPSA) is 20.2 Å². The van der Waals surface area contributed by atoms with Crippen LogP contribution in [0.3, 0.4) is 0 Å². The van der Waals surface area contributed by atoms with Gasteiger partial charge in [-0.3, -0.25) is 0 Å². The largest absolute Gasteiger partial charge is 0.377 e. The summed E-state index contributed by atoms with van der Waals surface area (Å²) in [7, 11) is 0. The second-order valence-electron chi connectivity index (χ2n) is 9.40. The highest BCUT2D eigenvalue weighted by atomic mass is 16.3. The monoisotopic (exact) mass is 300 g/mol. The maximum absolute atomic E-state index is 11.0. The summed E-state index contributed by atoms with van der Waals surface area (Å²) in [5.74, 6) is 6.14. The van der Waals surface area contributed by atoms with Crippen molar-refractivity contribution < 1.29 is 5.11 Å². The Morgan fingerprint density at radius 2 is 1.68 bits per heavy atom. The van der Waals surface area contributed by atoms with E-state index in [2.05, 4.69) is 19.8 Å². The first-order chi connectivity index (χ1) is 10.4. The van der Waals surface area contributed by atoms with Crippen LogP contribution in [0.1, 0.15) is 78.1 Å². The standard InChI is InChI=1S/C21H32O/c1-4-21(22)14-11-18-16-9-8-15-7-5-6-12-19(15,2)17(16)10-13-20(18,21)3/h1,15-18,22H,5-14H2,2-3H3/t15-,16-,17+,18+,19+,20+,21+/m1/s1. The minimum absolute atomic E-state index is 0.0270. The van der Waals surface area contributed by atoms with Gasteiger partial charge in [-0.1, -0.05) is 32.6 Å². The summed E-state index contributed by atoms with van der Waals surface area (Å²) in [6.45, 7) is 4.91. The van der Waals surface area contributed by atoms with Crippen LogP contribution in [0.2, 0.25) is 0 Å². The lowest BCUT2D eigenvalue weighted by Gasteiger charge is -2.60. The fraction of sp³-hybridized carbons (Fsp3) is 0.905. The molecular formula is C21H32O. The van der Waals surface area contributed by atoms with E-state index in [1.807, 2.05) is 0 Å². The Bertz CT molecular complexity index is 505. The molecule has 7 atom stereocenters. The SMILES string of the molecule is C#C[C@]1(O)CC[C@H]2[C@@H]3CC[C@H]4CCCC[C@]4(C)[C@H]3CC[C@@]21C. The van der Waals surface area contributed by atoms with Gasteiger partial charge in [0.2, 0.25) is 0 Å². The third-order valence-corrected chi connectivity index (χ3v) is 8.97. The Kier molecular flexibility index (Phi) is 3.26. The molecule has 0 aliphatic heterocycles. The molecule has 1 heteroatoms. The molecule has 4 aliphatic carbocycles. The van der Waals surface area contributed by atoms with E-state index in [9.17, 15) is 5.11 Å². The van der Waals surface area contributed by atoms with E-state index >= 15 is 0 Å². The molecule has 0 heterocycles. The molecule has 122 valence electrons. The van der Waals surface area contributed by atoms with Gasteiger partial charge in [-0.25, -0.2) is 0 Å². The average Bonchev–Trinajstić information content (AvgIpc) is 2.79. The predicted octanol–water partition coefficient (Wildman–Crippen LogP) is 4.78. The number of hydrogen-bond donors (Lipinski definition) is 1. The van der Waals surface area contributed by atoms with Crippen molar-refractivity contribution in [1.29, 1.82) is 0 Å². The normalized spacial score (nSPS) is 57.4. The highest BCUT2D eigenvalue weighted by molar-refractivity contribution is 5.23. The molecule has 0 unspecified atom stereocenters. The first kappa shape index (κ1) is 15.1. The van der Waals surface area contributed by atoms with Gasteiger partial charge in [-0.2, -0.15) is 0 Å². The molecule has 0 aromatic heterocycles. The molecule has 0 aromatic rings. The second kappa shape index (κ2) is 4.76. The van der Waals surface area contributed by atoms with E-state index in [4.69, 9.17) is 6.42 Å². The molecule has 22 heavy (non-hydrogen) atoms. The first-order valence-corrected chi connectivity index (χ1v) is 9.65. The Balaban J connectivity index is 1.67. The molecule has 4 fully saturated rings. The summed E-state index contributed by atoms with van der Waals surface area (Å²) in [4.78, 5) is 0. The van der Waals surface area contributed by atoms with Gasteiger partial charge in [0.15, 0.2) is 0 Å². The van der Waals surface area contributed by atoms with Crippen molar-refractivity contribution in [3.05, 3.63) is 0 Å². The molecule has 4 aliphatic rings. The summed E-state index contributed by atoms with van der Waals surface area (Å²) in [6, 6.07) is 0. The smallest absolute Gasteiger partial charge is 0.130 e. The van der Waals surface area contributed by atoms with Gasteiger partial charge in [0.25, 0.3) is 0 Å². The molecule has 4 saturated carbocycles.